The molecule has 9 aromatic rings. The van der Waals surface area contributed by atoms with Crippen LogP contribution in [-0.4, -0.2) is 22.9 Å². The maximum atomic E-state index is 2.68. The summed E-state index contributed by atoms with van der Waals surface area (Å²) in [4.78, 5) is 10.6. The van der Waals surface area contributed by atoms with Gasteiger partial charge < -0.3 is 18.6 Å². The molecule has 4 aliphatic heterocycles. The summed E-state index contributed by atoms with van der Waals surface area (Å²) in [5.74, 6) is 0. The fourth-order valence-corrected chi connectivity index (χ4v) is 11.7. The van der Waals surface area contributed by atoms with Gasteiger partial charge in [0.05, 0.1) is 22.4 Å². The monoisotopic (exact) mass is 670 g/mol. The third-order valence-corrected chi connectivity index (χ3v) is 13.6. The molecule has 4 aliphatic rings. The van der Waals surface area contributed by atoms with E-state index in [0.717, 1.165) is 0 Å². The van der Waals surface area contributed by atoms with Gasteiger partial charge in [-0.25, -0.2) is 0 Å². The first-order valence-corrected chi connectivity index (χ1v) is 18.8. The highest BCUT2D eigenvalue weighted by Crippen LogP contribution is 2.60. The fraction of sp³-hybridized carbons (Fsp3) is 0. The van der Waals surface area contributed by atoms with Crippen LogP contribution in [0.25, 0.3) is 43.6 Å². The fourth-order valence-electron chi connectivity index (χ4n) is 9.52. The van der Waals surface area contributed by atoms with E-state index >= 15 is 0 Å². The minimum atomic E-state index is -0.0248. The van der Waals surface area contributed by atoms with Crippen LogP contribution in [0.15, 0.2) is 165 Å². The zero-order valence-corrected chi connectivity index (χ0v) is 28.2. The van der Waals surface area contributed by atoms with Crippen molar-refractivity contribution in [3.8, 4) is 0 Å². The number of aromatic nitrogens is 2. The molecule has 4 nitrogen and oxygen atoms in total. The number of hydrogen-bond donors (Lipinski definition) is 0. The Morgan fingerprint density at radius 3 is 1.24 bits per heavy atom. The van der Waals surface area contributed by atoms with Gasteiger partial charge in [0.2, 0.25) is 0 Å². The summed E-state index contributed by atoms with van der Waals surface area (Å²) < 4.78 is 5.34. The van der Waals surface area contributed by atoms with Crippen molar-refractivity contribution in [1.29, 1.82) is 0 Å². The number of para-hydroxylation sites is 4. The van der Waals surface area contributed by atoms with E-state index in [-0.39, 0.29) is 14.0 Å². The van der Waals surface area contributed by atoms with E-state index in [4.69, 9.17) is 0 Å². The molecule has 230 valence electrons. The summed E-state index contributed by atoms with van der Waals surface area (Å²) in [7, 11) is 0. The molecule has 8 heteroatoms. The first kappa shape index (κ1) is 26.4. The van der Waals surface area contributed by atoms with Crippen LogP contribution in [0.3, 0.4) is 0 Å². The van der Waals surface area contributed by atoms with Gasteiger partial charge in [-0.2, -0.15) is 0 Å². The topological polar surface area (TPSA) is 16.3 Å². The lowest BCUT2D eigenvalue weighted by molar-refractivity contribution is 1.29. The molecule has 50 heavy (non-hydrogen) atoms. The molecule has 13 rings (SSSR count). The van der Waals surface area contributed by atoms with Crippen molar-refractivity contribution in [3.05, 3.63) is 146 Å². The number of anilines is 4. The van der Waals surface area contributed by atoms with E-state index in [1.165, 1.54) is 96.9 Å². The van der Waals surface area contributed by atoms with Crippen LogP contribution in [-0.2, 0) is 0 Å². The molecule has 0 unspecified atom stereocenters. The average Bonchev–Trinajstić information content (AvgIpc) is 3.84. The molecule has 0 atom stereocenters. The minimum absolute atomic E-state index is 0.0248. The van der Waals surface area contributed by atoms with Crippen LogP contribution in [0.5, 0.6) is 0 Å². The molecule has 0 N–H and O–H groups in total. The van der Waals surface area contributed by atoms with Crippen molar-refractivity contribution in [2.75, 3.05) is 9.62 Å². The molecule has 0 saturated carbocycles. The van der Waals surface area contributed by atoms with Crippen molar-refractivity contribution in [3.63, 3.8) is 0 Å². The van der Waals surface area contributed by atoms with E-state index in [0.29, 0.717) is 0 Å². The lowest BCUT2D eigenvalue weighted by Gasteiger charge is -2.29. The van der Waals surface area contributed by atoms with Crippen LogP contribution in [0, 0.1) is 0 Å². The first-order valence-electron chi connectivity index (χ1n) is 17.2. The van der Waals surface area contributed by atoms with Crippen LogP contribution >= 0.6 is 23.5 Å². The highest BCUT2D eigenvalue weighted by molar-refractivity contribution is 8.00. The Morgan fingerprint density at radius 1 is 0.380 bits per heavy atom. The van der Waals surface area contributed by atoms with Gasteiger partial charge in [-0.05, 0) is 59.5 Å². The summed E-state index contributed by atoms with van der Waals surface area (Å²) in [5.41, 5.74) is 13.0. The average molecular weight is 670 g/mol. The van der Waals surface area contributed by atoms with E-state index in [1.54, 1.807) is 0 Å². The standard InChI is InChI=1S/C42H24B2N4S2/c1-5-17-29-25(13-1)37-39-42(48-32-20-8-12-24-36(32)49-33-21-9-3-15-27(33)43(48)45(29)39)38-26-14-2-6-18-30(26)46-40(38)41(37)47-31-19-7-11-23-35(31)50-34-22-10-4-16-28(34)44(46)47/h1-24H. The SMILES string of the molecule is c1ccc2c(c1)Sc1ccccc1N1B2n2c3ccccc3c3c4c5c(c1c32)c1ccccc1n5B1c2ccccc2Sc2ccccc2N14. The van der Waals surface area contributed by atoms with Gasteiger partial charge in [0.1, 0.15) is 0 Å². The van der Waals surface area contributed by atoms with Gasteiger partial charge in [0.15, 0.2) is 0 Å². The van der Waals surface area contributed by atoms with Gasteiger partial charge in [-0.1, -0.05) is 121 Å². The van der Waals surface area contributed by atoms with Gasteiger partial charge >= 0.3 is 14.0 Å². The largest absolute Gasteiger partial charge is 0.421 e. The molecule has 7 aromatic carbocycles. The molecule has 0 amide bonds. The van der Waals surface area contributed by atoms with E-state index in [2.05, 4.69) is 164 Å². The Bertz CT molecular complexity index is 2800. The van der Waals surface area contributed by atoms with Gasteiger partial charge in [-0.15, -0.1) is 0 Å². The molecule has 0 aliphatic carbocycles. The summed E-state index contributed by atoms with van der Waals surface area (Å²) in [6, 6.07) is 54.4. The second-order valence-corrected chi connectivity index (χ2v) is 15.8. The summed E-state index contributed by atoms with van der Waals surface area (Å²) in [6.07, 6.45) is 0. The first-order chi connectivity index (χ1) is 24.9. The summed E-state index contributed by atoms with van der Waals surface area (Å²) in [6.45, 7) is -0.0496. The predicted molar refractivity (Wildman–Crippen MR) is 212 cm³/mol. The van der Waals surface area contributed by atoms with Crippen molar-refractivity contribution in [2.24, 2.45) is 0 Å². The van der Waals surface area contributed by atoms with E-state index < -0.39 is 0 Å². The lowest BCUT2D eigenvalue weighted by Crippen LogP contribution is -2.48. The Kier molecular flexibility index (Phi) is 4.87. The van der Waals surface area contributed by atoms with Crippen LogP contribution in [0.4, 0.5) is 22.7 Å². The van der Waals surface area contributed by atoms with E-state index in [1.807, 2.05) is 23.5 Å². The molecule has 0 spiro atoms. The van der Waals surface area contributed by atoms with Crippen molar-refractivity contribution in [1.82, 2.24) is 8.96 Å². The molecule has 0 bridgehead atoms. The molecule has 0 radical (unpaired) electrons. The molecular formula is C42H24B2N4S2. The Hall–Kier alpha value is -5.43. The van der Waals surface area contributed by atoms with Crippen molar-refractivity contribution in [2.45, 2.75) is 19.6 Å². The predicted octanol–water partition coefficient (Wildman–Crippen LogP) is 9.62. The third-order valence-electron chi connectivity index (χ3n) is 11.3. The van der Waals surface area contributed by atoms with Crippen LogP contribution < -0.4 is 20.5 Å². The van der Waals surface area contributed by atoms with Gasteiger partial charge in [-0.3, -0.25) is 0 Å². The Morgan fingerprint density at radius 2 is 0.760 bits per heavy atom. The zero-order chi connectivity index (χ0) is 32.2. The number of nitrogens with zero attached hydrogens (tertiary/aromatic N) is 4. The molecule has 6 heterocycles. The highest BCUT2D eigenvalue weighted by Gasteiger charge is 2.51. The van der Waals surface area contributed by atoms with Crippen molar-refractivity contribution >= 4 is 115 Å². The highest BCUT2D eigenvalue weighted by atomic mass is 32.2. The van der Waals surface area contributed by atoms with Crippen molar-refractivity contribution < 1.29 is 0 Å². The second kappa shape index (κ2) is 9.21. The molecule has 2 aromatic heterocycles. The quantitative estimate of drug-likeness (QED) is 0.149. The number of fused-ring (bicyclic) bond motifs is 22. The summed E-state index contributed by atoms with van der Waals surface area (Å²) in [5, 5.41) is 5.29. The molecular weight excluding hydrogens is 646 g/mol. The van der Waals surface area contributed by atoms with Gasteiger partial charge in [0.25, 0.3) is 0 Å². The minimum Gasteiger partial charge on any atom is -0.359 e. The normalized spacial score (nSPS) is 14.9. The summed E-state index contributed by atoms with van der Waals surface area (Å²) >= 11 is 3.79. The Labute approximate surface area is 297 Å². The second-order valence-electron chi connectivity index (χ2n) is 13.6. The smallest absolute Gasteiger partial charge is 0.359 e. The number of hydrogen-bond acceptors (Lipinski definition) is 4. The molecule has 0 saturated heterocycles. The van der Waals surface area contributed by atoms with Crippen LogP contribution in [0.1, 0.15) is 0 Å². The van der Waals surface area contributed by atoms with E-state index in [9.17, 15) is 0 Å². The maximum absolute atomic E-state index is 2.68. The van der Waals surface area contributed by atoms with Crippen LogP contribution in [0.2, 0.25) is 0 Å². The lowest BCUT2D eigenvalue weighted by atomic mass is 9.65. The number of benzene rings is 7. The van der Waals surface area contributed by atoms with Gasteiger partial charge in [0, 0.05) is 63.5 Å². The third kappa shape index (κ3) is 3.00. The molecule has 0 fully saturated rings. The maximum Gasteiger partial charge on any atom is 0.421 e. The zero-order valence-electron chi connectivity index (χ0n) is 26.6. The Balaban J connectivity index is 1.30. The number of rotatable bonds is 0.